The summed E-state index contributed by atoms with van der Waals surface area (Å²) in [5.74, 6) is 1.87. The molecular weight excluding hydrogens is 280 g/mol. The van der Waals surface area contributed by atoms with E-state index in [9.17, 15) is 4.79 Å². The Bertz CT molecular complexity index is 543. The first-order chi connectivity index (χ1) is 10.7. The lowest BCUT2D eigenvalue weighted by atomic mass is 9.94. The molecule has 2 fully saturated rings. The number of rotatable bonds is 3. The van der Waals surface area contributed by atoms with Gasteiger partial charge < -0.3 is 14.9 Å². The van der Waals surface area contributed by atoms with Crippen LogP contribution in [0.15, 0.2) is 6.07 Å². The molecule has 22 heavy (non-hydrogen) atoms. The molecule has 1 N–H and O–H groups in total. The van der Waals surface area contributed by atoms with Crippen LogP contribution in [0.1, 0.15) is 43.1 Å². The zero-order valence-electron chi connectivity index (χ0n) is 13.2. The summed E-state index contributed by atoms with van der Waals surface area (Å²) in [5.41, 5.74) is 1.03. The number of carbonyl (C=O) groups excluding carboxylic acids is 1. The first-order valence-electron chi connectivity index (χ1n) is 8.16. The van der Waals surface area contributed by atoms with Gasteiger partial charge in [-0.05, 0) is 32.6 Å². The molecule has 0 radical (unpaired) electrons. The predicted octanol–water partition coefficient (Wildman–Crippen LogP) is 1.08. The zero-order valence-corrected chi connectivity index (χ0v) is 13.2. The molecule has 0 aliphatic carbocycles. The number of piperidine rings is 1. The minimum absolute atomic E-state index is 0.185. The molecular formula is C16H24N4O2. The molecule has 2 saturated heterocycles. The van der Waals surface area contributed by atoms with Crippen molar-refractivity contribution in [2.24, 2.45) is 0 Å². The fourth-order valence-electron chi connectivity index (χ4n) is 3.44. The van der Waals surface area contributed by atoms with E-state index in [0.717, 1.165) is 49.8 Å². The van der Waals surface area contributed by atoms with Gasteiger partial charge >= 0.3 is 0 Å². The molecule has 1 atom stereocenters. The van der Waals surface area contributed by atoms with E-state index in [4.69, 9.17) is 5.11 Å². The number of nitrogens with zero attached hydrogens (tertiary/aromatic N) is 4. The van der Waals surface area contributed by atoms with Crippen LogP contribution >= 0.6 is 0 Å². The summed E-state index contributed by atoms with van der Waals surface area (Å²) in [7, 11) is 0. The first-order valence-corrected chi connectivity index (χ1v) is 8.16. The van der Waals surface area contributed by atoms with E-state index in [1.165, 1.54) is 12.8 Å². The Morgan fingerprint density at radius 1 is 1.27 bits per heavy atom. The molecule has 0 unspecified atom stereocenters. The molecule has 6 heteroatoms. The topological polar surface area (TPSA) is 69.6 Å². The second kappa shape index (κ2) is 6.60. The van der Waals surface area contributed by atoms with Gasteiger partial charge in [0.2, 0.25) is 5.91 Å². The minimum Gasteiger partial charge on any atom is -0.387 e. The van der Waals surface area contributed by atoms with E-state index in [0.29, 0.717) is 6.54 Å². The number of hydrogen-bond acceptors (Lipinski definition) is 5. The van der Waals surface area contributed by atoms with E-state index in [1.807, 2.05) is 6.92 Å². The van der Waals surface area contributed by atoms with Crippen molar-refractivity contribution < 1.29 is 9.90 Å². The van der Waals surface area contributed by atoms with Gasteiger partial charge in [-0.25, -0.2) is 9.97 Å². The van der Waals surface area contributed by atoms with Crippen LogP contribution in [0.25, 0.3) is 0 Å². The quantitative estimate of drug-likeness (QED) is 0.905. The first kappa shape index (κ1) is 15.2. The van der Waals surface area contributed by atoms with Gasteiger partial charge in [0.1, 0.15) is 18.2 Å². The maximum atomic E-state index is 11.7. The van der Waals surface area contributed by atoms with Gasteiger partial charge in [-0.1, -0.05) is 0 Å². The van der Waals surface area contributed by atoms with E-state index in [2.05, 4.69) is 20.9 Å². The minimum atomic E-state index is -0.408. The van der Waals surface area contributed by atoms with Crippen LogP contribution in [-0.4, -0.2) is 58.7 Å². The summed E-state index contributed by atoms with van der Waals surface area (Å²) in [6.45, 7) is 5.04. The van der Waals surface area contributed by atoms with Crippen molar-refractivity contribution in [3.8, 4) is 0 Å². The number of aliphatic hydroxyl groups is 1. The summed E-state index contributed by atoms with van der Waals surface area (Å²) in [6.07, 6.45) is 4.44. The average molecular weight is 304 g/mol. The predicted molar refractivity (Wildman–Crippen MR) is 83.9 cm³/mol. The van der Waals surface area contributed by atoms with Crippen molar-refractivity contribution >= 4 is 11.7 Å². The van der Waals surface area contributed by atoms with Crippen molar-refractivity contribution in [1.82, 2.24) is 14.9 Å². The Kier molecular flexibility index (Phi) is 4.57. The maximum Gasteiger partial charge on any atom is 0.248 e. The van der Waals surface area contributed by atoms with Crippen molar-refractivity contribution in [2.75, 3.05) is 37.7 Å². The van der Waals surface area contributed by atoms with Crippen LogP contribution in [0, 0.1) is 6.92 Å². The summed E-state index contributed by atoms with van der Waals surface area (Å²) < 4.78 is 0. The molecule has 0 saturated carbocycles. The lowest BCUT2D eigenvalue weighted by molar-refractivity contribution is -0.135. The van der Waals surface area contributed by atoms with Crippen molar-refractivity contribution in [3.05, 3.63) is 17.6 Å². The van der Waals surface area contributed by atoms with Crippen LogP contribution in [0.4, 0.5) is 5.82 Å². The molecule has 3 heterocycles. The second-order valence-corrected chi connectivity index (χ2v) is 6.23. The van der Waals surface area contributed by atoms with E-state index >= 15 is 0 Å². The molecule has 3 rings (SSSR count). The Labute approximate surface area is 131 Å². The fraction of sp³-hybridized carbons (Fsp3) is 0.688. The highest BCUT2D eigenvalue weighted by molar-refractivity contribution is 5.77. The van der Waals surface area contributed by atoms with Gasteiger partial charge in [0.05, 0.1) is 5.69 Å². The standard InChI is InChI=1S/C16H24N4O2/c1-12-17-14(9-15(18-12)19-6-2-3-7-19)13-5-4-8-20(10-13)16(22)11-21/h9,13,21H,2-8,10-11H2,1H3/t13-/m1/s1. The average Bonchev–Trinajstić information content (AvgIpc) is 3.08. The van der Waals surface area contributed by atoms with Gasteiger partial charge in [-0.3, -0.25) is 4.79 Å². The fourth-order valence-corrected chi connectivity index (χ4v) is 3.44. The Balaban J connectivity index is 1.79. The van der Waals surface area contributed by atoms with Crippen LogP contribution in [0.2, 0.25) is 0 Å². The third kappa shape index (κ3) is 3.21. The van der Waals surface area contributed by atoms with Gasteiger partial charge in [-0.2, -0.15) is 0 Å². The van der Waals surface area contributed by atoms with Gasteiger partial charge in [0.25, 0.3) is 0 Å². The molecule has 1 amide bonds. The highest BCUT2D eigenvalue weighted by Gasteiger charge is 2.26. The second-order valence-electron chi connectivity index (χ2n) is 6.23. The van der Waals surface area contributed by atoms with Gasteiger partial charge in [-0.15, -0.1) is 0 Å². The van der Waals surface area contributed by atoms with Crippen LogP contribution in [-0.2, 0) is 4.79 Å². The van der Waals surface area contributed by atoms with Crippen molar-refractivity contribution in [1.29, 1.82) is 0 Å². The van der Waals surface area contributed by atoms with E-state index < -0.39 is 6.61 Å². The normalized spacial score (nSPS) is 22.2. The molecule has 2 aliphatic heterocycles. The third-order valence-electron chi connectivity index (χ3n) is 4.60. The highest BCUT2D eigenvalue weighted by Crippen LogP contribution is 2.28. The summed E-state index contributed by atoms with van der Waals surface area (Å²) in [5, 5.41) is 9.05. The molecule has 1 aromatic rings. The molecule has 0 spiro atoms. The summed E-state index contributed by atoms with van der Waals surface area (Å²) in [6, 6.07) is 2.09. The monoisotopic (exact) mass is 304 g/mol. The summed E-state index contributed by atoms with van der Waals surface area (Å²) in [4.78, 5) is 25.0. The van der Waals surface area contributed by atoms with Crippen LogP contribution < -0.4 is 4.90 Å². The molecule has 0 aromatic carbocycles. The Morgan fingerprint density at radius 2 is 2.05 bits per heavy atom. The Hall–Kier alpha value is -1.69. The highest BCUT2D eigenvalue weighted by atomic mass is 16.3. The van der Waals surface area contributed by atoms with Gasteiger partial charge in [0, 0.05) is 38.2 Å². The molecule has 0 bridgehead atoms. The molecule has 120 valence electrons. The number of hydrogen-bond donors (Lipinski definition) is 1. The van der Waals surface area contributed by atoms with Crippen LogP contribution in [0.3, 0.4) is 0 Å². The number of carbonyl (C=O) groups is 1. The maximum absolute atomic E-state index is 11.7. The summed E-state index contributed by atoms with van der Waals surface area (Å²) >= 11 is 0. The third-order valence-corrected chi connectivity index (χ3v) is 4.60. The SMILES string of the molecule is Cc1nc([C@@H]2CCCN(C(=O)CO)C2)cc(N2CCCC2)n1. The number of likely N-dealkylation sites (tertiary alicyclic amines) is 1. The van der Waals surface area contributed by atoms with Gasteiger partial charge in [0.15, 0.2) is 0 Å². The molecule has 1 aromatic heterocycles. The number of aryl methyl sites for hydroxylation is 1. The van der Waals surface area contributed by atoms with E-state index in [1.54, 1.807) is 4.90 Å². The smallest absolute Gasteiger partial charge is 0.248 e. The van der Waals surface area contributed by atoms with Crippen molar-refractivity contribution in [2.45, 2.75) is 38.5 Å². The lowest BCUT2D eigenvalue weighted by Crippen LogP contribution is -2.40. The molecule has 6 nitrogen and oxygen atoms in total. The molecule has 2 aliphatic rings. The zero-order chi connectivity index (χ0) is 15.5. The van der Waals surface area contributed by atoms with Crippen LogP contribution in [0.5, 0.6) is 0 Å². The van der Waals surface area contributed by atoms with Crippen molar-refractivity contribution in [3.63, 3.8) is 0 Å². The van der Waals surface area contributed by atoms with E-state index in [-0.39, 0.29) is 11.8 Å². The number of aliphatic hydroxyl groups excluding tert-OH is 1. The number of anilines is 1. The lowest BCUT2D eigenvalue weighted by Gasteiger charge is -2.32. The largest absolute Gasteiger partial charge is 0.387 e. The number of amides is 1. The Morgan fingerprint density at radius 3 is 2.77 bits per heavy atom. The number of aromatic nitrogens is 2.